The second-order valence-electron chi connectivity index (χ2n) is 11.4. The van der Waals surface area contributed by atoms with Crippen molar-refractivity contribution >= 4 is 5.97 Å². The summed E-state index contributed by atoms with van der Waals surface area (Å²) in [6, 6.07) is 0. The van der Waals surface area contributed by atoms with Crippen molar-refractivity contribution in [2.24, 2.45) is 46.3 Å². The van der Waals surface area contributed by atoms with Crippen molar-refractivity contribution in [1.82, 2.24) is 0 Å². The fourth-order valence-electron chi connectivity index (χ4n) is 8.36. The van der Waals surface area contributed by atoms with E-state index < -0.39 is 0 Å². The van der Waals surface area contributed by atoms with Gasteiger partial charge in [0.25, 0.3) is 0 Å². The molecule has 0 aromatic carbocycles. The summed E-state index contributed by atoms with van der Waals surface area (Å²) in [5.41, 5.74) is 2.81. The first kappa shape index (κ1) is 20.5. The average molecular weight is 387 g/mol. The zero-order valence-corrected chi connectivity index (χ0v) is 18.9. The molecule has 1 unspecified atom stereocenters. The zero-order chi connectivity index (χ0) is 20.1. The van der Waals surface area contributed by atoms with Crippen molar-refractivity contribution in [2.75, 3.05) is 7.11 Å². The van der Waals surface area contributed by atoms with E-state index in [9.17, 15) is 4.79 Å². The number of allylic oxidation sites excluding steroid dienone is 2. The van der Waals surface area contributed by atoms with Crippen LogP contribution in [0.3, 0.4) is 0 Å². The van der Waals surface area contributed by atoms with E-state index in [0.29, 0.717) is 23.2 Å². The number of methoxy groups -OCH3 is 1. The first-order chi connectivity index (χ1) is 13.3. The van der Waals surface area contributed by atoms with Crippen molar-refractivity contribution in [2.45, 2.75) is 91.9 Å². The maximum absolute atomic E-state index is 11.6. The van der Waals surface area contributed by atoms with Gasteiger partial charge in [-0.3, -0.25) is 4.79 Å². The Kier molecular flexibility index (Phi) is 5.47. The summed E-state index contributed by atoms with van der Waals surface area (Å²) in [7, 11) is 1.51. The first-order valence-corrected chi connectivity index (χ1v) is 12.1. The molecular weight excluding hydrogens is 344 g/mol. The third-order valence-corrected chi connectivity index (χ3v) is 10.1. The van der Waals surface area contributed by atoms with E-state index in [0.717, 1.165) is 36.0 Å². The zero-order valence-electron chi connectivity index (χ0n) is 18.9. The molecule has 28 heavy (non-hydrogen) atoms. The number of hydrogen-bond acceptors (Lipinski definition) is 2. The summed E-state index contributed by atoms with van der Waals surface area (Å²) in [6.45, 7) is 10.1. The van der Waals surface area contributed by atoms with Gasteiger partial charge < -0.3 is 4.74 Å². The minimum Gasteiger partial charge on any atom is -0.469 e. The maximum atomic E-state index is 11.6. The highest BCUT2D eigenvalue weighted by Gasteiger charge is 2.57. The van der Waals surface area contributed by atoms with Gasteiger partial charge in [-0.05, 0) is 104 Å². The highest BCUT2D eigenvalue weighted by atomic mass is 16.5. The molecule has 0 N–H and O–H groups in total. The Labute approximate surface area is 172 Å². The van der Waals surface area contributed by atoms with E-state index in [2.05, 4.69) is 33.8 Å². The van der Waals surface area contributed by atoms with Crippen molar-refractivity contribution in [3.63, 3.8) is 0 Å². The number of fused-ring (bicyclic) bond motifs is 5. The quantitative estimate of drug-likeness (QED) is 0.393. The molecule has 2 heteroatoms. The summed E-state index contributed by atoms with van der Waals surface area (Å²) in [5, 5.41) is 0. The predicted molar refractivity (Wildman–Crippen MR) is 115 cm³/mol. The minimum absolute atomic E-state index is 0.0462. The fraction of sp³-hybridized carbons (Fsp3) is 0.885. The monoisotopic (exact) mass is 386 g/mol. The number of rotatable bonds is 4. The summed E-state index contributed by atoms with van der Waals surface area (Å²) < 4.78 is 4.89. The number of hydrogen-bond donors (Lipinski definition) is 0. The predicted octanol–water partition coefficient (Wildman–Crippen LogP) is 6.79. The Bertz CT molecular complexity index is 636. The molecule has 0 radical (unpaired) electrons. The Hall–Kier alpha value is -0.790. The number of ether oxygens (including phenoxy) is 1. The number of carbonyl (C=O) groups excluding carboxylic acids is 1. The molecule has 4 aliphatic rings. The van der Waals surface area contributed by atoms with Crippen molar-refractivity contribution in [3.05, 3.63) is 11.6 Å². The molecule has 0 amide bonds. The molecule has 0 heterocycles. The van der Waals surface area contributed by atoms with Gasteiger partial charge in [0.05, 0.1) is 7.11 Å². The smallest absolute Gasteiger partial charge is 0.305 e. The Morgan fingerprint density at radius 1 is 1.21 bits per heavy atom. The van der Waals surface area contributed by atoms with E-state index in [4.69, 9.17) is 4.74 Å². The molecule has 0 saturated heterocycles. The van der Waals surface area contributed by atoms with Crippen molar-refractivity contribution < 1.29 is 9.53 Å². The summed E-state index contributed by atoms with van der Waals surface area (Å²) in [5.74, 6) is 4.90. The van der Waals surface area contributed by atoms with Crippen molar-refractivity contribution in [3.8, 4) is 0 Å². The third-order valence-electron chi connectivity index (χ3n) is 10.1. The van der Waals surface area contributed by atoms with Crippen LogP contribution < -0.4 is 0 Å². The van der Waals surface area contributed by atoms with Crippen molar-refractivity contribution in [1.29, 1.82) is 0 Å². The third kappa shape index (κ3) is 3.18. The van der Waals surface area contributed by atoms with Crippen LogP contribution in [0.15, 0.2) is 11.6 Å². The molecule has 3 saturated carbocycles. The summed E-state index contributed by atoms with van der Waals surface area (Å²) in [6.07, 6.45) is 15.5. The maximum Gasteiger partial charge on any atom is 0.305 e. The van der Waals surface area contributed by atoms with E-state index in [1.807, 2.05) is 5.57 Å². The molecule has 4 rings (SSSR count). The molecule has 0 bridgehead atoms. The standard InChI is InChI=1S/C26H42O2/c1-17-12-14-25(3)19(16-17)7-8-20-22-10-9-21(18(2)6-11-24(27)28-5)26(22,4)15-13-23(20)25/h13,17-22H,6-12,14-16H2,1-5H3/t17-,18-,19-,20+,21?,22+,25+,26-/m1/s1. The van der Waals surface area contributed by atoms with Crippen LogP contribution in [-0.2, 0) is 9.53 Å². The van der Waals surface area contributed by atoms with Gasteiger partial charge in [0, 0.05) is 6.42 Å². The second kappa shape index (κ2) is 7.47. The van der Waals surface area contributed by atoms with Gasteiger partial charge in [-0.1, -0.05) is 39.3 Å². The fourth-order valence-corrected chi connectivity index (χ4v) is 8.36. The van der Waals surface area contributed by atoms with E-state index >= 15 is 0 Å². The van der Waals surface area contributed by atoms with Gasteiger partial charge in [-0.15, -0.1) is 0 Å². The van der Waals surface area contributed by atoms with Crippen LogP contribution in [0, 0.1) is 46.3 Å². The van der Waals surface area contributed by atoms with Gasteiger partial charge >= 0.3 is 5.97 Å². The lowest BCUT2D eigenvalue weighted by Crippen LogP contribution is -2.48. The molecule has 4 aliphatic carbocycles. The Morgan fingerprint density at radius 2 is 2.00 bits per heavy atom. The van der Waals surface area contributed by atoms with E-state index in [1.54, 1.807) is 0 Å². The normalized spacial score (nSPS) is 46.0. The van der Waals surface area contributed by atoms with Crippen LogP contribution >= 0.6 is 0 Å². The van der Waals surface area contributed by atoms with Gasteiger partial charge in [0.15, 0.2) is 0 Å². The molecule has 3 fully saturated rings. The van der Waals surface area contributed by atoms with E-state index in [-0.39, 0.29) is 5.97 Å². The average Bonchev–Trinajstić information content (AvgIpc) is 3.03. The molecule has 0 aromatic rings. The lowest BCUT2D eigenvalue weighted by atomic mass is 9.48. The second-order valence-corrected chi connectivity index (χ2v) is 11.4. The minimum atomic E-state index is -0.0462. The lowest BCUT2D eigenvalue weighted by Gasteiger charge is -2.57. The molecule has 0 aliphatic heterocycles. The SMILES string of the molecule is COC(=O)CC[C@@H](C)C1CC[C@H]2[C@@H]3CC[C@@H]4C[C@H](C)CC[C@]4(C)C3=CC[C@]12C. The van der Waals surface area contributed by atoms with Gasteiger partial charge in [0.1, 0.15) is 0 Å². The highest BCUT2D eigenvalue weighted by molar-refractivity contribution is 5.69. The Morgan fingerprint density at radius 3 is 2.75 bits per heavy atom. The van der Waals surface area contributed by atoms with Crippen LogP contribution in [0.5, 0.6) is 0 Å². The molecule has 0 aromatic heterocycles. The lowest BCUT2D eigenvalue weighted by molar-refractivity contribution is -0.141. The van der Waals surface area contributed by atoms with Crippen LogP contribution in [0.2, 0.25) is 0 Å². The van der Waals surface area contributed by atoms with Crippen LogP contribution in [0.1, 0.15) is 91.9 Å². The Balaban J connectivity index is 1.53. The van der Waals surface area contributed by atoms with Crippen LogP contribution in [0.4, 0.5) is 0 Å². The molecule has 8 atom stereocenters. The van der Waals surface area contributed by atoms with Crippen LogP contribution in [-0.4, -0.2) is 13.1 Å². The van der Waals surface area contributed by atoms with Gasteiger partial charge in [0.2, 0.25) is 0 Å². The topological polar surface area (TPSA) is 26.3 Å². The van der Waals surface area contributed by atoms with E-state index in [1.165, 1.54) is 58.5 Å². The molecule has 2 nitrogen and oxygen atoms in total. The summed E-state index contributed by atoms with van der Waals surface area (Å²) >= 11 is 0. The summed E-state index contributed by atoms with van der Waals surface area (Å²) in [4.78, 5) is 11.6. The van der Waals surface area contributed by atoms with Crippen LogP contribution in [0.25, 0.3) is 0 Å². The molecule has 0 spiro atoms. The number of carbonyl (C=O) groups is 1. The molecule has 158 valence electrons. The number of esters is 1. The van der Waals surface area contributed by atoms with Gasteiger partial charge in [-0.2, -0.15) is 0 Å². The first-order valence-electron chi connectivity index (χ1n) is 12.1. The highest BCUT2D eigenvalue weighted by Crippen LogP contribution is 2.66. The largest absolute Gasteiger partial charge is 0.469 e. The van der Waals surface area contributed by atoms with Gasteiger partial charge in [-0.25, -0.2) is 0 Å². The molecular formula is C26H42O2.